The van der Waals surface area contributed by atoms with E-state index < -0.39 is 11.6 Å². The number of rotatable bonds is 3. The van der Waals surface area contributed by atoms with E-state index in [-0.39, 0.29) is 5.56 Å². The molecule has 2 rings (SSSR count). The third-order valence-corrected chi connectivity index (χ3v) is 2.18. The first-order chi connectivity index (χ1) is 7.72. The Hall–Kier alpha value is -1.91. The zero-order valence-electron chi connectivity index (χ0n) is 8.72. The predicted molar refractivity (Wildman–Crippen MR) is 58.1 cm³/mol. The fourth-order valence-corrected chi connectivity index (χ4v) is 1.44. The number of anilines is 1. The van der Waals surface area contributed by atoms with Crippen molar-refractivity contribution in [1.82, 2.24) is 10.2 Å². The summed E-state index contributed by atoms with van der Waals surface area (Å²) in [5.74, 6) is -1.12. The van der Waals surface area contributed by atoms with Gasteiger partial charge in [0, 0.05) is 18.2 Å². The van der Waals surface area contributed by atoms with Gasteiger partial charge < -0.3 is 5.32 Å². The number of aromatic nitrogens is 2. The van der Waals surface area contributed by atoms with Crippen molar-refractivity contribution < 1.29 is 8.78 Å². The van der Waals surface area contributed by atoms with Crippen LogP contribution in [0.1, 0.15) is 6.92 Å². The molecule has 3 nitrogen and oxygen atoms in total. The molecule has 0 aliphatic heterocycles. The molecule has 0 aliphatic rings. The highest BCUT2D eigenvalue weighted by atomic mass is 19.2. The molecule has 0 spiro atoms. The highest BCUT2D eigenvalue weighted by Gasteiger charge is 2.11. The quantitative estimate of drug-likeness (QED) is 0.840. The molecular formula is C11H11F2N3. The molecule has 0 saturated heterocycles. The maximum Gasteiger partial charge on any atom is 0.168 e. The molecule has 0 saturated carbocycles. The Balaban J connectivity index is 2.39. The van der Waals surface area contributed by atoms with Crippen molar-refractivity contribution in [2.75, 3.05) is 11.9 Å². The standard InChI is InChI=1S/C11H11F2N3/c1-2-14-10-6-9(15-16-10)7-4-3-5-8(12)11(7)13/h3-6H,2H2,1H3,(H2,14,15,16). The number of nitrogens with one attached hydrogen (secondary N) is 2. The van der Waals surface area contributed by atoms with Crippen molar-refractivity contribution in [2.45, 2.75) is 6.92 Å². The van der Waals surface area contributed by atoms with Crippen molar-refractivity contribution in [1.29, 1.82) is 0 Å². The molecule has 0 atom stereocenters. The first-order valence-corrected chi connectivity index (χ1v) is 4.96. The van der Waals surface area contributed by atoms with Crippen molar-refractivity contribution in [2.24, 2.45) is 0 Å². The predicted octanol–water partition coefficient (Wildman–Crippen LogP) is 2.79. The van der Waals surface area contributed by atoms with Crippen molar-refractivity contribution in [3.05, 3.63) is 35.9 Å². The van der Waals surface area contributed by atoms with Crippen molar-refractivity contribution >= 4 is 5.82 Å². The van der Waals surface area contributed by atoms with Crippen LogP contribution < -0.4 is 5.32 Å². The topological polar surface area (TPSA) is 40.7 Å². The third-order valence-electron chi connectivity index (χ3n) is 2.18. The van der Waals surface area contributed by atoms with Crippen LogP contribution in [0.25, 0.3) is 11.3 Å². The average molecular weight is 223 g/mol. The van der Waals surface area contributed by atoms with Crippen LogP contribution in [0, 0.1) is 11.6 Å². The van der Waals surface area contributed by atoms with Gasteiger partial charge in [-0.15, -0.1) is 0 Å². The maximum absolute atomic E-state index is 13.4. The van der Waals surface area contributed by atoms with Crippen LogP contribution in [0.5, 0.6) is 0 Å². The zero-order chi connectivity index (χ0) is 11.5. The summed E-state index contributed by atoms with van der Waals surface area (Å²) in [6.07, 6.45) is 0. The van der Waals surface area contributed by atoms with Gasteiger partial charge in [0.2, 0.25) is 0 Å². The highest BCUT2D eigenvalue weighted by molar-refractivity contribution is 5.63. The molecule has 1 heterocycles. The minimum atomic E-state index is -0.866. The second kappa shape index (κ2) is 4.30. The van der Waals surface area contributed by atoms with E-state index in [1.807, 2.05) is 6.92 Å². The Morgan fingerprint density at radius 1 is 1.38 bits per heavy atom. The summed E-state index contributed by atoms with van der Waals surface area (Å²) in [5.41, 5.74) is 0.629. The largest absolute Gasteiger partial charge is 0.369 e. The van der Waals surface area contributed by atoms with Gasteiger partial charge in [0.25, 0.3) is 0 Å². The Morgan fingerprint density at radius 2 is 2.19 bits per heavy atom. The normalized spacial score (nSPS) is 10.4. The Bertz CT molecular complexity index is 494. The second-order valence-electron chi connectivity index (χ2n) is 3.30. The van der Waals surface area contributed by atoms with Gasteiger partial charge in [0.15, 0.2) is 11.6 Å². The average Bonchev–Trinajstić information content (AvgIpc) is 2.71. The van der Waals surface area contributed by atoms with Gasteiger partial charge in [-0.05, 0) is 19.1 Å². The molecule has 0 aliphatic carbocycles. The molecule has 0 bridgehead atoms. The monoisotopic (exact) mass is 223 g/mol. The van der Waals surface area contributed by atoms with Gasteiger partial charge in [-0.25, -0.2) is 8.78 Å². The molecule has 0 radical (unpaired) electrons. The number of benzene rings is 1. The van der Waals surface area contributed by atoms with E-state index in [0.29, 0.717) is 11.5 Å². The lowest BCUT2D eigenvalue weighted by molar-refractivity contribution is 0.511. The fourth-order valence-electron chi connectivity index (χ4n) is 1.44. The van der Waals surface area contributed by atoms with Gasteiger partial charge in [-0.1, -0.05) is 6.07 Å². The van der Waals surface area contributed by atoms with Crippen LogP contribution in [-0.2, 0) is 0 Å². The van der Waals surface area contributed by atoms with Crippen molar-refractivity contribution in [3.63, 3.8) is 0 Å². The van der Waals surface area contributed by atoms with Crippen LogP contribution in [0.15, 0.2) is 24.3 Å². The Kier molecular flexibility index (Phi) is 2.85. The lowest BCUT2D eigenvalue weighted by Gasteiger charge is -1.99. The third kappa shape index (κ3) is 1.88. The molecule has 0 unspecified atom stereocenters. The SMILES string of the molecule is CCNc1cc(-c2cccc(F)c2F)[nH]n1. The number of hydrogen-bond donors (Lipinski definition) is 2. The van der Waals surface area contributed by atoms with Crippen LogP contribution in [0.4, 0.5) is 14.6 Å². The van der Waals surface area contributed by atoms with Crippen LogP contribution in [0.2, 0.25) is 0 Å². The molecule has 1 aromatic carbocycles. The molecule has 2 aromatic rings. The minimum absolute atomic E-state index is 0.177. The van der Waals surface area contributed by atoms with E-state index in [1.54, 1.807) is 6.07 Å². The first-order valence-electron chi connectivity index (χ1n) is 4.96. The molecule has 5 heteroatoms. The number of H-pyrrole nitrogens is 1. The van der Waals surface area contributed by atoms with Crippen LogP contribution in [-0.4, -0.2) is 16.7 Å². The zero-order valence-corrected chi connectivity index (χ0v) is 8.72. The van der Waals surface area contributed by atoms with E-state index in [9.17, 15) is 8.78 Å². The van der Waals surface area contributed by atoms with E-state index in [4.69, 9.17) is 0 Å². The van der Waals surface area contributed by atoms with E-state index in [1.165, 1.54) is 12.1 Å². The minimum Gasteiger partial charge on any atom is -0.369 e. The second-order valence-corrected chi connectivity index (χ2v) is 3.30. The highest BCUT2D eigenvalue weighted by Crippen LogP contribution is 2.24. The summed E-state index contributed by atoms with van der Waals surface area (Å²) in [6, 6.07) is 5.69. The summed E-state index contributed by atoms with van der Waals surface area (Å²) in [4.78, 5) is 0. The molecular weight excluding hydrogens is 212 g/mol. The van der Waals surface area contributed by atoms with Gasteiger partial charge in [-0.2, -0.15) is 5.10 Å². The molecule has 16 heavy (non-hydrogen) atoms. The van der Waals surface area contributed by atoms with Gasteiger partial charge >= 0.3 is 0 Å². The molecule has 2 N–H and O–H groups in total. The number of nitrogens with zero attached hydrogens (tertiary/aromatic N) is 1. The number of hydrogen-bond acceptors (Lipinski definition) is 2. The summed E-state index contributed by atoms with van der Waals surface area (Å²) in [5, 5.41) is 9.56. The summed E-state index contributed by atoms with van der Waals surface area (Å²) >= 11 is 0. The van der Waals surface area contributed by atoms with E-state index >= 15 is 0 Å². The van der Waals surface area contributed by atoms with Crippen LogP contribution >= 0.6 is 0 Å². The fraction of sp³-hybridized carbons (Fsp3) is 0.182. The smallest absolute Gasteiger partial charge is 0.168 e. The van der Waals surface area contributed by atoms with E-state index in [2.05, 4.69) is 15.5 Å². The molecule has 1 aromatic heterocycles. The maximum atomic E-state index is 13.4. The van der Waals surface area contributed by atoms with E-state index in [0.717, 1.165) is 12.6 Å². The van der Waals surface area contributed by atoms with Gasteiger partial charge in [0.05, 0.1) is 5.69 Å². The molecule has 84 valence electrons. The summed E-state index contributed by atoms with van der Waals surface area (Å²) in [6.45, 7) is 2.65. The summed E-state index contributed by atoms with van der Waals surface area (Å²) < 4.78 is 26.4. The Labute approximate surface area is 91.5 Å². The molecule has 0 fully saturated rings. The molecule has 0 amide bonds. The van der Waals surface area contributed by atoms with Crippen molar-refractivity contribution in [3.8, 4) is 11.3 Å². The summed E-state index contributed by atoms with van der Waals surface area (Å²) in [7, 11) is 0. The first kappa shape index (κ1) is 10.6. The van der Waals surface area contributed by atoms with Gasteiger partial charge in [0.1, 0.15) is 5.82 Å². The van der Waals surface area contributed by atoms with Gasteiger partial charge in [-0.3, -0.25) is 5.10 Å². The Morgan fingerprint density at radius 3 is 2.94 bits per heavy atom. The lowest BCUT2D eigenvalue weighted by atomic mass is 10.1. The lowest BCUT2D eigenvalue weighted by Crippen LogP contribution is -1.95. The number of aromatic amines is 1. The number of halogens is 2. The van der Waals surface area contributed by atoms with Crippen LogP contribution in [0.3, 0.4) is 0 Å².